The summed E-state index contributed by atoms with van der Waals surface area (Å²) in [6.07, 6.45) is 1.30. The molecule has 1 nitrogen and oxygen atoms in total. The molecule has 0 saturated carbocycles. The molecule has 90 valence electrons. The van der Waals surface area contributed by atoms with Crippen LogP contribution in [0, 0.1) is 0 Å². The zero-order valence-electron chi connectivity index (χ0n) is 10.5. The minimum Gasteiger partial charge on any atom is -0.327 e. The Bertz CT molecular complexity index is 318. The summed E-state index contributed by atoms with van der Waals surface area (Å²) in [5.41, 5.74) is 6.14. The van der Waals surface area contributed by atoms with Gasteiger partial charge in [-0.1, -0.05) is 51.5 Å². The number of benzene rings is 1. The smallest absolute Gasteiger partial charge is 0.148 e. The highest BCUT2D eigenvalue weighted by Crippen LogP contribution is 2.31. The second-order valence-electron chi connectivity index (χ2n) is 4.70. The maximum absolute atomic E-state index is 14.5. The Morgan fingerprint density at radius 1 is 1.25 bits per heavy atom. The summed E-state index contributed by atoms with van der Waals surface area (Å²) in [7, 11) is 0. The third-order valence-corrected chi connectivity index (χ3v) is 3.06. The van der Waals surface area contributed by atoms with Gasteiger partial charge >= 0.3 is 0 Å². The van der Waals surface area contributed by atoms with Crippen molar-refractivity contribution in [2.24, 2.45) is 5.73 Å². The summed E-state index contributed by atoms with van der Waals surface area (Å²) in [5.74, 6) is 0.479. The van der Waals surface area contributed by atoms with E-state index in [9.17, 15) is 4.39 Å². The van der Waals surface area contributed by atoms with Gasteiger partial charge in [-0.25, -0.2) is 4.39 Å². The molecule has 0 heterocycles. The van der Waals surface area contributed by atoms with Gasteiger partial charge in [-0.2, -0.15) is 0 Å². The number of rotatable bonds is 5. The van der Waals surface area contributed by atoms with E-state index in [0.29, 0.717) is 17.9 Å². The topological polar surface area (TPSA) is 26.0 Å². The summed E-state index contributed by atoms with van der Waals surface area (Å²) >= 11 is 0. The zero-order chi connectivity index (χ0) is 12.2. The average molecular weight is 223 g/mol. The lowest BCUT2D eigenvalue weighted by Crippen LogP contribution is -2.30. The first-order chi connectivity index (χ1) is 7.53. The van der Waals surface area contributed by atoms with Crippen LogP contribution in [0.1, 0.15) is 50.7 Å². The van der Waals surface area contributed by atoms with Crippen LogP contribution in [0.25, 0.3) is 0 Å². The van der Waals surface area contributed by atoms with Crippen molar-refractivity contribution in [3.63, 3.8) is 0 Å². The van der Waals surface area contributed by atoms with E-state index in [1.165, 1.54) is 5.56 Å². The van der Waals surface area contributed by atoms with Crippen LogP contribution in [-0.2, 0) is 5.67 Å². The molecule has 2 N–H and O–H groups in total. The minimum atomic E-state index is -1.36. The third kappa shape index (κ3) is 2.82. The maximum Gasteiger partial charge on any atom is 0.148 e. The fourth-order valence-corrected chi connectivity index (χ4v) is 1.93. The van der Waals surface area contributed by atoms with Gasteiger partial charge in [-0.3, -0.25) is 0 Å². The van der Waals surface area contributed by atoms with E-state index >= 15 is 0 Å². The van der Waals surface area contributed by atoms with Crippen molar-refractivity contribution < 1.29 is 4.39 Å². The van der Waals surface area contributed by atoms with Crippen molar-refractivity contribution in [3.05, 3.63) is 35.4 Å². The molecule has 0 aliphatic heterocycles. The molecule has 1 rings (SSSR count). The standard InChI is InChI=1S/C14H22FN/c1-4-9-14(15,10-16)13-7-5-12(6-8-13)11(2)3/h5-8,11H,4,9-10,16H2,1-3H3. The van der Waals surface area contributed by atoms with Gasteiger partial charge in [-0.15, -0.1) is 0 Å². The molecule has 2 heteroatoms. The van der Waals surface area contributed by atoms with Gasteiger partial charge in [0.15, 0.2) is 0 Å². The van der Waals surface area contributed by atoms with Crippen LogP contribution in [0.15, 0.2) is 24.3 Å². The summed E-state index contributed by atoms with van der Waals surface area (Å²) < 4.78 is 14.5. The number of hydrogen-bond acceptors (Lipinski definition) is 1. The Labute approximate surface area is 97.9 Å². The monoisotopic (exact) mass is 223 g/mol. The van der Waals surface area contributed by atoms with Crippen LogP contribution in [0.3, 0.4) is 0 Å². The van der Waals surface area contributed by atoms with Gasteiger partial charge < -0.3 is 5.73 Å². The molecule has 0 saturated heterocycles. The van der Waals surface area contributed by atoms with Crippen LogP contribution in [0.2, 0.25) is 0 Å². The summed E-state index contributed by atoms with van der Waals surface area (Å²) in [6.45, 7) is 6.30. The molecular formula is C14H22FN. The second-order valence-corrected chi connectivity index (χ2v) is 4.70. The van der Waals surface area contributed by atoms with Crippen molar-refractivity contribution in [1.82, 2.24) is 0 Å². The summed E-state index contributed by atoms with van der Waals surface area (Å²) in [6, 6.07) is 7.75. The van der Waals surface area contributed by atoms with Crippen molar-refractivity contribution in [2.75, 3.05) is 6.54 Å². The van der Waals surface area contributed by atoms with Gasteiger partial charge in [0, 0.05) is 6.54 Å². The Kier molecular flexibility index (Phi) is 4.48. The fraction of sp³-hybridized carbons (Fsp3) is 0.571. The molecule has 0 aromatic heterocycles. The summed E-state index contributed by atoms with van der Waals surface area (Å²) in [4.78, 5) is 0. The van der Waals surface area contributed by atoms with E-state index < -0.39 is 5.67 Å². The highest BCUT2D eigenvalue weighted by molar-refractivity contribution is 5.29. The molecule has 0 aliphatic carbocycles. The number of nitrogens with two attached hydrogens (primary N) is 1. The molecule has 1 atom stereocenters. The van der Waals surface area contributed by atoms with E-state index in [4.69, 9.17) is 5.73 Å². The predicted octanol–water partition coefficient (Wildman–Crippen LogP) is 3.73. The normalized spacial score (nSPS) is 15.1. The van der Waals surface area contributed by atoms with Crippen LogP contribution < -0.4 is 5.73 Å². The molecule has 0 fully saturated rings. The van der Waals surface area contributed by atoms with Crippen molar-refractivity contribution in [2.45, 2.75) is 45.2 Å². The summed E-state index contributed by atoms with van der Waals surface area (Å²) in [5, 5.41) is 0. The highest BCUT2D eigenvalue weighted by Gasteiger charge is 2.28. The highest BCUT2D eigenvalue weighted by atomic mass is 19.1. The van der Waals surface area contributed by atoms with Crippen molar-refractivity contribution in [3.8, 4) is 0 Å². The SMILES string of the molecule is CCCC(F)(CN)c1ccc(C(C)C)cc1. The van der Waals surface area contributed by atoms with E-state index in [2.05, 4.69) is 13.8 Å². The number of halogens is 1. The first kappa shape index (κ1) is 13.2. The van der Waals surface area contributed by atoms with Crippen molar-refractivity contribution >= 4 is 0 Å². The molecule has 0 radical (unpaired) electrons. The third-order valence-electron chi connectivity index (χ3n) is 3.06. The number of alkyl halides is 1. The molecule has 1 aromatic carbocycles. The van der Waals surface area contributed by atoms with E-state index in [0.717, 1.165) is 6.42 Å². The van der Waals surface area contributed by atoms with Crippen LogP contribution in [0.5, 0.6) is 0 Å². The lowest BCUT2D eigenvalue weighted by molar-refractivity contribution is 0.159. The Morgan fingerprint density at radius 3 is 2.19 bits per heavy atom. The Morgan fingerprint density at radius 2 is 1.81 bits per heavy atom. The number of hydrogen-bond donors (Lipinski definition) is 1. The maximum atomic E-state index is 14.5. The van der Waals surface area contributed by atoms with Gasteiger partial charge in [-0.05, 0) is 23.5 Å². The fourth-order valence-electron chi connectivity index (χ4n) is 1.93. The molecule has 1 aromatic rings. The van der Waals surface area contributed by atoms with Gasteiger partial charge in [0.25, 0.3) is 0 Å². The van der Waals surface area contributed by atoms with E-state index in [1.807, 2.05) is 31.2 Å². The first-order valence-electron chi connectivity index (χ1n) is 6.03. The molecule has 0 bridgehead atoms. The molecule has 1 unspecified atom stereocenters. The quantitative estimate of drug-likeness (QED) is 0.808. The van der Waals surface area contributed by atoms with Crippen LogP contribution in [0.4, 0.5) is 4.39 Å². The second kappa shape index (κ2) is 5.44. The van der Waals surface area contributed by atoms with Gasteiger partial charge in [0.2, 0.25) is 0 Å². The minimum absolute atomic E-state index is 0.0574. The molecule has 0 spiro atoms. The molecule has 0 amide bonds. The van der Waals surface area contributed by atoms with E-state index in [1.54, 1.807) is 0 Å². The Hall–Kier alpha value is -0.890. The average Bonchev–Trinajstić information content (AvgIpc) is 2.29. The molecule has 0 aliphatic rings. The molecular weight excluding hydrogens is 201 g/mol. The lowest BCUT2D eigenvalue weighted by atomic mass is 9.89. The van der Waals surface area contributed by atoms with Gasteiger partial charge in [0.05, 0.1) is 0 Å². The lowest BCUT2D eigenvalue weighted by Gasteiger charge is -2.24. The Balaban J connectivity index is 2.94. The van der Waals surface area contributed by atoms with Gasteiger partial charge in [0.1, 0.15) is 5.67 Å². The zero-order valence-corrected chi connectivity index (χ0v) is 10.5. The largest absolute Gasteiger partial charge is 0.327 e. The van der Waals surface area contributed by atoms with Crippen LogP contribution in [-0.4, -0.2) is 6.54 Å². The molecule has 16 heavy (non-hydrogen) atoms. The first-order valence-corrected chi connectivity index (χ1v) is 6.03. The predicted molar refractivity (Wildman–Crippen MR) is 67.3 cm³/mol. The van der Waals surface area contributed by atoms with E-state index in [-0.39, 0.29) is 6.54 Å². The van der Waals surface area contributed by atoms with Crippen molar-refractivity contribution in [1.29, 1.82) is 0 Å². The van der Waals surface area contributed by atoms with Crippen LogP contribution >= 0.6 is 0 Å².